The number of carbonyl (C=O) groups is 3. The van der Waals surface area contributed by atoms with Gasteiger partial charge in [0.25, 0.3) is 0 Å². The first-order valence-corrected chi connectivity index (χ1v) is 10.1. The number of carbonyl (C=O) groups excluding carboxylic acids is 3. The molecule has 0 aliphatic carbocycles. The number of benzene rings is 1. The third-order valence-corrected chi connectivity index (χ3v) is 5.13. The van der Waals surface area contributed by atoms with Gasteiger partial charge in [-0.05, 0) is 52.2 Å². The predicted octanol–water partition coefficient (Wildman–Crippen LogP) is 2.97. The van der Waals surface area contributed by atoms with E-state index >= 15 is 0 Å². The van der Waals surface area contributed by atoms with E-state index in [0.29, 0.717) is 25.9 Å². The number of likely N-dealkylation sites (tertiary alicyclic amines) is 1. The van der Waals surface area contributed by atoms with E-state index in [2.05, 4.69) is 11.9 Å². The molecule has 158 valence electrons. The summed E-state index contributed by atoms with van der Waals surface area (Å²) in [6.07, 6.45) is 2.44. The summed E-state index contributed by atoms with van der Waals surface area (Å²) in [6, 6.07) is 9.28. The van der Waals surface area contributed by atoms with Gasteiger partial charge in [0.05, 0.1) is 11.8 Å². The van der Waals surface area contributed by atoms with Crippen LogP contribution in [0.5, 0.6) is 0 Å². The monoisotopic (exact) mass is 400 g/mol. The van der Waals surface area contributed by atoms with E-state index in [-0.39, 0.29) is 30.2 Å². The molecule has 0 aromatic heterocycles. The molecule has 1 aliphatic heterocycles. The number of hydrogen-bond donors (Lipinski definition) is 1. The molecule has 1 atom stereocenters. The second-order valence-corrected chi connectivity index (χ2v) is 8.64. The highest BCUT2D eigenvalue weighted by Gasteiger charge is 2.43. The Morgan fingerprint density at radius 1 is 1.21 bits per heavy atom. The van der Waals surface area contributed by atoms with Crippen LogP contribution >= 0.6 is 0 Å². The minimum atomic E-state index is -0.735. The van der Waals surface area contributed by atoms with Gasteiger partial charge < -0.3 is 15.0 Å². The third-order valence-electron chi connectivity index (χ3n) is 5.13. The fourth-order valence-corrected chi connectivity index (χ4v) is 3.69. The average Bonchev–Trinajstić information content (AvgIpc) is 2.66. The molecular formula is C23H32N2O4. The van der Waals surface area contributed by atoms with Crippen molar-refractivity contribution >= 4 is 17.8 Å². The Balaban J connectivity index is 2.14. The van der Waals surface area contributed by atoms with Gasteiger partial charge in [-0.3, -0.25) is 14.4 Å². The van der Waals surface area contributed by atoms with Crippen LogP contribution in [0.2, 0.25) is 0 Å². The number of hydrogen-bond acceptors (Lipinski definition) is 4. The maximum atomic E-state index is 13.4. The van der Waals surface area contributed by atoms with Gasteiger partial charge in [0.2, 0.25) is 11.8 Å². The molecule has 0 bridgehead atoms. The van der Waals surface area contributed by atoms with Crippen molar-refractivity contribution in [3.63, 3.8) is 0 Å². The number of piperidine rings is 1. The number of nitrogens with one attached hydrogen (secondary N) is 1. The number of nitrogens with zero attached hydrogens (tertiary/aromatic N) is 1. The molecule has 29 heavy (non-hydrogen) atoms. The summed E-state index contributed by atoms with van der Waals surface area (Å²) in [4.78, 5) is 39.1. The van der Waals surface area contributed by atoms with Crippen molar-refractivity contribution in [2.45, 2.75) is 64.0 Å². The lowest BCUT2D eigenvalue weighted by molar-refractivity contribution is -0.155. The molecule has 1 aromatic rings. The van der Waals surface area contributed by atoms with Gasteiger partial charge >= 0.3 is 5.97 Å². The summed E-state index contributed by atoms with van der Waals surface area (Å²) in [5, 5.41) is 3.00. The lowest BCUT2D eigenvalue weighted by Gasteiger charge is -2.41. The molecule has 1 saturated heterocycles. The largest absolute Gasteiger partial charge is 0.460 e. The summed E-state index contributed by atoms with van der Waals surface area (Å²) >= 11 is 0. The standard InChI is InChI=1S/C23H32N2O4/c1-6-19(26)25-14-12-23(13-15-25,18-10-8-7-9-11-18)21(28)24-17(2)16-20(27)29-22(3,4)5/h6-11,17H,1,12-16H2,2-5H3,(H,24,28). The quantitative estimate of drug-likeness (QED) is 0.588. The van der Waals surface area contributed by atoms with Crippen molar-refractivity contribution in [3.05, 3.63) is 48.6 Å². The average molecular weight is 401 g/mol. The van der Waals surface area contributed by atoms with Crippen molar-refractivity contribution in [1.82, 2.24) is 10.2 Å². The lowest BCUT2D eigenvalue weighted by atomic mass is 9.71. The molecule has 0 saturated carbocycles. The zero-order valence-electron chi connectivity index (χ0n) is 17.9. The summed E-state index contributed by atoms with van der Waals surface area (Å²) in [6.45, 7) is 11.8. The number of amides is 2. The second-order valence-electron chi connectivity index (χ2n) is 8.64. The SMILES string of the molecule is C=CC(=O)N1CCC(C(=O)NC(C)CC(=O)OC(C)(C)C)(c2ccccc2)CC1. The van der Waals surface area contributed by atoms with Crippen LogP contribution in [0, 0.1) is 0 Å². The van der Waals surface area contributed by atoms with Crippen LogP contribution in [0.15, 0.2) is 43.0 Å². The number of rotatable bonds is 6. The van der Waals surface area contributed by atoms with Gasteiger partial charge in [-0.25, -0.2) is 0 Å². The zero-order valence-corrected chi connectivity index (χ0v) is 17.9. The summed E-state index contributed by atoms with van der Waals surface area (Å²) in [5.74, 6) is -0.582. The van der Waals surface area contributed by atoms with Crippen molar-refractivity contribution in [1.29, 1.82) is 0 Å². The van der Waals surface area contributed by atoms with Gasteiger partial charge in [-0.1, -0.05) is 36.9 Å². The summed E-state index contributed by atoms with van der Waals surface area (Å²) in [7, 11) is 0. The van der Waals surface area contributed by atoms with Gasteiger partial charge in [0.15, 0.2) is 0 Å². The van der Waals surface area contributed by atoms with Gasteiger partial charge in [-0.2, -0.15) is 0 Å². The van der Waals surface area contributed by atoms with Crippen LogP contribution in [-0.2, 0) is 24.5 Å². The molecule has 1 fully saturated rings. The Hall–Kier alpha value is -2.63. The maximum Gasteiger partial charge on any atom is 0.308 e. The van der Waals surface area contributed by atoms with Crippen molar-refractivity contribution in [2.24, 2.45) is 0 Å². The van der Waals surface area contributed by atoms with E-state index in [0.717, 1.165) is 5.56 Å². The van der Waals surface area contributed by atoms with Crippen molar-refractivity contribution in [3.8, 4) is 0 Å². The first-order chi connectivity index (χ1) is 13.6. The Labute approximate surface area is 173 Å². The molecule has 2 amide bonds. The fourth-order valence-electron chi connectivity index (χ4n) is 3.69. The number of esters is 1. The third kappa shape index (κ3) is 5.92. The topological polar surface area (TPSA) is 75.7 Å². The Bertz CT molecular complexity index is 744. The molecule has 1 aromatic carbocycles. The Kier molecular flexibility index (Phi) is 7.22. The molecular weight excluding hydrogens is 368 g/mol. The predicted molar refractivity (Wildman–Crippen MR) is 112 cm³/mol. The van der Waals surface area contributed by atoms with E-state index in [4.69, 9.17) is 4.74 Å². The zero-order chi connectivity index (χ0) is 21.7. The molecule has 1 heterocycles. The van der Waals surface area contributed by atoms with Crippen molar-refractivity contribution in [2.75, 3.05) is 13.1 Å². The maximum absolute atomic E-state index is 13.4. The van der Waals surface area contributed by atoms with Crippen LogP contribution in [0.25, 0.3) is 0 Å². The highest BCUT2D eigenvalue weighted by Crippen LogP contribution is 2.36. The van der Waals surface area contributed by atoms with Gasteiger partial charge in [0.1, 0.15) is 5.60 Å². The highest BCUT2D eigenvalue weighted by atomic mass is 16.6. The summed E-state index contributed by atoms with van der Waals surface area (Å²) in [5.41, 5.74) is -0.370. The molecule has 2 rings (SSSR count). The highest BCUT2D eigenvalue weighted by molar-refractivity contribution is 5.90. The van der Waals surface area contributed by atoms with E-state index in [1.807, 2.05) is 51.1 Å². The molecule has 1 aliphatic rings. The van der Waals surface area contributed by atoms with Crippen LogP contribution in [0.1, 0.15) is 52.5 Å². The van der Waals surface area contributed by atoms with Crippen LogP contribution < -0.4 is 5.32 Å². The van der Waals surface area contributed by atoms with Crippen LogP contribution in [-0.4, -0.2) is 47.4 Å². The van der Waals surface area contributed by atoms with Crippen molar-refractivity contribution < 1.29 is 19.1 Å². The molecule has 0 spiro atoms. The molecule has 1 N–H and O–H groups in total. The Morgan fingerprint density at radius 2 is 1.79 bits per heavy atom. The molecule has 6 heteroatoms. The summed E-state index contributed by atoms with van der Waals surface area (Å²) < 4.78 is 5.35. The lowest BCUT2D eigenvalue weighted by Crippen LogP contribution is -2.54. The minimum Gasteiger partial charge on any atom is -0.460 e. The smallest absolute Gasteiger partial charge is 0.308 e. The van der Waals surface area contributed by atoms with E-state index in [9.17, 15) is 14.4 Å². The van der Waals surface area contributed by atoms with Crippen LogP contribution in [0.4, 0.5) is 0 Å². The molecule has 6 nitrogen and oxygen atoms in total. The number of ether oxygens (including phenoxy) is 1. The normalized spacial score (nSPS) is 17.2. The molecule has 0 radical (unpaired) electrons. The molecule has 1 unspecified atom stereocenters. The van der Waals surface area contributed by atoms with E-state index in [1.54, 1.807) is 11.8 Å². The second kappa shape index (κ2) is 9.25. The van der Waals surface area contributed by atoms with E-state index in [1.165, 1.54) is 6.08 Å². The minimum absolute atomic E-state index is 0.106. The first kappa shape index (κ1) is 22.7. The van der Waals surface area contributed by atoms with Gasteiger partial charge in [-0.15, -0.1) is 0 Å². The first-order valence-electron chi connectivity index (χ1n) is 10.1. The fraction of sp³-hybridized carbons (Fsp3) is 0.522. The van der Waals surface area contributed by atoms with E-state index < -0.39 is 11.0 Å². The van der Waals surface area contributed by atoms with Crippen LogP contribution in [0.3, 0.4) is 0 Å². The Morgan fingerprint density at radius 3 is 2.31 bits per heavy atom. The van der Waals surface area contributed by atoms with Gasteiger partial charge in [0, 0.05) is 19.1 Å².